The monoisotopic (exact) mass is 496 g/mol. The van der Waals surface area contributed by atoms with Crippen LogP contribution in [0, 0.1) is 12.7 Å². The summed E-state index contributed by atoms with van der Waals surface area (Å²) in [5, 5.41) is 5.75. The lowest BCUT2D eigenvalue weighted by Crippen LogP contribution is -2.17. The first kappa shape index (κ1) is 23.4. The number of anilines is 1. The summed E-state index contributed by atoms with van der Waals surface area (Å²) >= 11 is 1.21. The van der Waals surface area contributed by atoms with E-state index in [0.29, 0.717) is 38.3 Å². The molecule has 0 fully saturated rings. The number of aromatic nitrogens is 1. The van der Waals surface area contributed by atoms with Gasteiger partial charge in [-0.15, -0.1) is 11.3 Å². The van der Waals surface area contributed by atoms with Gasteiger partial charge in [0.25, 0.3) is 5.91 Å². The second-order valence-corrected chi connectivity index (χ2v) is 9.03. The third-order valence-corrected chi connectivity index (χ3v) is 6.87. The molecular weight excluding hydrogens is 475 g/mol. The normalized spacial score (nSPS) is 10.9. The number of benzene rings is 3. The van der Waals surface area contributed by atoms with Gasteiger partial charge in [0.2, 0.25) is 0 Å². The molecule has 5 aromatic rings. The number of fused-ring (bicyclic) bond motifs is 1. The van der Waals surface area contributed by atoms with Crippen molar-refractivity contribution in [2.45, 2.75) is 6.92 Å². The number of thiophene rings is 1. The Balaban J connectivity index is 1.62. The van der Waals surface area contributed by atoms with E-state index in [1.54, 1.807) is 17.5 Å². The van der Waals surface area contributed by atoms with Crippen LogP contribution in [0.4, 0.5) is 9.39 Å². The number of pyridine rings is 1. The molecule has 0 saturated carbocycles. The van der Waals surface area contributed by atoms with Gasteiger partial charge in [0.1, 0.15) is 16.4 Å². The van der Waals surface area contributed by atoms with E-state index in [2.05, 4.69) is 5.32 Å². The fourth-order valence-corrected chi connectivity index (χ4v) is 5.19. The predicted molar refractivity (Wildman–Crippen MR) is 141 cm³/mol. The van der Waals surface area contributed by atoms with Crippen LogP contribution in [-0.4, -0.2) is 24.0 Å². The van der Waals surface area contributed by atoms with Gasteiger partial charge in [0.15, 0.2) is 0 Å². The number of ether oxygens (including phenoxy) is 1. The van der Waals surface area contributed by atoms with Gasteiger partial charge >= 0.3 is 5.97 Å². The Labute approximate surface area is 211 Å². The third kappa shape index (κ3) is 4.25. The van der Waals surface area contributed by atoms with Crippen LogP contribution in [0.25, 0.3) is 33.3 Å². The Morgan fingerprint density at radius 2 is 1.58 bits per heavy atom. The van der Waals surface area contributed by atoms with Crippen LogP contribution < -0.4 is 5.32 Å². The molecule has 1 N–H and O–H groups in total. The molecule has 178 valence electrons. The molecule has 0 atom stereocenters. The highest BCUT2D eigenvalue weighted by Gasteiger charge is 2.25. The van der Waals surface area contributed by atoms with Crippen molar-refractivity contribution in [1.29, 1.82) is 0 Å². The van der Waals surface area contributed by atoms with E-state index in [1.807, 2.05) is 61.5 Å². The van der Waals surface area contributed by atoms with Crippen LogP contribution in [0.15, 0.2) is 84.2 Å². The number of esters is 1. The number of hydrogen-bond donors (Lipinski definition) is 1. The highest BCUT2D eigenvalue weighted by atomic mass is 32.1. The average Bonchev–Trinajstić information content (AvgIpc) is 3.32. The van der Waals surface area contributed by atoms with Crippen molar-refractivity contribution < 1.29 is 18.7 Å². The van der Waals surface area contributed by atoms with Gasteiger partial charge in [-0.3, -0.25) is 4.79 Å². The maximum atomic E-state index is 13.8. The van der Waals surface area contributed by atoms with Crippen molar-refractivity contribution in [1.82, 2.24) is 4.98 Å². The maximum Gasteiger partial charge on any atom is 0.341 e. The molecule has 7 heteroatoms. The first-order valence-corrected chi connectivity index (χ1v) is 12.1. The number of nitrogens with zero attached hydrogens (tertiary/aromatic N) is 1. The quantitative estimate of drug-likeness (QED) is 0.263. The van der Waals surface area contributed by atoms with Gasteiger partial charge in [-0.2, -0.15) is 0 Å². The number of para-hydroxylation sites is 1. The Bertz CT molecular complexity index is 1590. The predicted octanol–water partition coefficient (Wildman–Crippen LogP) is 7.12. The highest BCUT2D eigenvalue weighted by molar-refractivity contribution is 7.15. The van der Waals surface area contributed by atoms with Crippen LogP contribution in [0.3, 0.4) is 0 Å². The summed E-state index contributed by atoms with van der Waals surface area (Å²) in [6.45, 7) is 1.87. The number of carbonyl (C=O) groups excluding carboxylic acids is 2. The third-order valence-electron chi connectivity index (χ3n) is 5.97. The van der Waals surface area contributed by atoms with Crippen LogP contribution in [0.5, 0.6) is 0 Å². The lowest BCUT2D eigenvalue weighted by Gasteiger charge is -2.15. The number of nitrogens with one attached hydrogen (secondary N) is 1. The standard InChI is InChI=1S/C29H21FN2O3S/c1-17-24(21-10-6-7-11-23(21)31-26(17)19-8-4-3-5-9-19)27(33)32-28-25(29(34)35-2)22(16-36-28)18-12-14-20(30)15-13-18/h3-16H,1-2H3,(H,32,33). The van der Waals surface area contributed by atoms with Crippen molar-refractivity contribution in [2.24, 2.45) is 0 Å². The van der Waals surface area contributed by atoms with Crippen molar-refractivity contribution in [3.63, 3.8) is 0 Å². The first-order valence-electron chi connectivity index (χ1n) is 11.2. The van der Waals surface area contributed by atoms with E-state index in [9.17, 15) is 14.0 Å². The van der Waals surface area contributed by atoms with Crippen molar-refractivity contribution >= 4 is 39.1 Å². The van der Waals surface area contributed by atoms with Crippen LogP contribution >= 0.6 is 11.3 Å². The topological polar surface area (TPSA) is 68.3 Å². The number of amides is 1. The van der Waals surface area contributed by atoms with Crippen LogP contribution in [0.2, 0.25) is 0 Å². The molecule has 0 radical (unpaired) electrons. The fraction of sp³-hybridized carbons (Fsp3) is 0.0690. The van der Waals surface area contributed by atoms with Gasteiger partial charge in [0, 0.05) is 21.9 Å². The van der Waals surface area contributed by atoms with Crippen molar-refractivity contribution in [3.05, 3.63) is 107 Å². The molecule has 3 aromatic carbocycles. The molecule has 0 spiro atoms. The highest BCUT2D eigenvalue weighted by Crippen LogP contribution is 2.37. The van der Waals surface area contributed by atoms with Gasteiger partial charge in [-0.25, -0.2) is 14.2 Å². The molecule has 5 nitrogen and oxygen atoms in total. The zero-order valence-corrected chi connectivity index (χ0v) is 20.4. The molecule has 0 unspecified atom stereocenters. The van der Waals surface area contributed by atoms with Gasteiger partial charge < -0.3 is 10.1 Å². The summed E-state index contributed by atoms with van der Waals surface area (Å²) in [7, 11) is 1.28. The van der Waals surface area contributed by atoms with Crippen LogP contribution in [0.1, 0.15) is 26.3 Å². The van der Waals surface area contributed by atoms with E-state index in [-0.39, 0.29) is 17.3 Å². The van der Waals surface area contributed by atoms with Gasteiger partial charge in [-0.1, -0.05) is 60.7 Å². The Kier molecular flexibility index (Phi) is 6.31. The van der Waals surface area contributed by atoms with E-state index in [4.69, 9.17) is 9.72 Å². The van der Waals surface area contributed by atoms with E-state index < -0.39 is 5.97 Å². The zero-order valence-electron chi connectivity index (χ0n) is 19.5. The van der Waals surface area contributed by atoms with E-state index in [0.717, 1.165) is 11.1 Å². The fourth-order valence-electron chi connectivity index (χ4n) is 4.24. The minimum atomic E-state index is -0.591. The average molecular weight is 497 g/mol. The van der Waals surface area contributed by atoms with E-state index >= 15 is 0 Å². The number of carbonyl (C=O) groups is 2. The molecule has 0 bridgehead atoms. The van der Waals surface area contributed by atoms with Gasteiger partial charge in [0.05, 0.1) is 23.9 Å². The summed E-state index contributed by atoms with van der Waals surface area (Å²) in [6, 6.07) is 23.0. The second kappa shape index (κ2) is 9.71. The summed E-state index contributed by atoms with van der Waals surface area (Å²) in [5.74, 6) is -1.33. The summed E-state index contributed by atoms with van der Waals surface area (Å²) < 4.78 is 18.5. The molecule has 0 saturated heterocycles. The van der Waals surface area contributed by atoms with Crippen molar-refractivity contribution in [3.8, 4) is 22.4 Å². The minimum absolute atomic E-state index is 0.224. The largest absolute Gasteiger partial charge is 0.465 e. The molecule has 2 aromatic heterocycles. The van der Waals surface area contributed by atoms with Crippen LogP contribution in [-0.2, 0) is 4.74 Å². The molecule has 36 heavy (non-hydrogen) atoms. The smallest absolute Gasteiger partial charge is 0.341 e. The minimum Gasteiger partial charge on any atom is -0.465 e. The molecule has 0 aliphatic heterocycles. The molecule has 2 heterocycles. The maximum absolute atomic E-state index is 13.8. The van der Waals surface area contributed by atoms with Gasteiger partial charge in [-0.05, 0) is 36.2 Å². The number of methoxy groups -OCH3 is 1. The molecule has 0 aliphatic rings. The lowest BCUT2D eigenvalue weighted by molar-refractivity contribution is 0.0603. The van der Waals surface area contributed by atoms with Crippen molar-refractivity contribution in [2.75, 3.05) is 12.4 Å². The number of hydrogen-bond acceptors (Lipinski definition) is 5. The van der Waals surface area contributed by atoms with E-state index in [1.165, 1.54) is 30.6 Å². The Morgan fingerprint density at radius 1 is 0.889 bits per heavy atom. The molecule has 5 rings (SSSR count). The Morgan fingerprint density at radius 3 is 2.31 bits per heavy atom. The molecular formula is C29H21FN2O3S. The zero-order chi connectivity index (χ0) is 25.2. The lowest BCUT2D eigenvalue weighted by atomic mass is 9.97. The number of rotatable bonds is 5. The summed E-state index contributed by atoms with van der Waals surface area (Å²) in [6.07, 6.45) is 0. The Hall–Kier alpha value is -4.36. The SMILES string of the molecule is COC(=O)c1c(-c2ccc(F)cc2)csc1NC(=O)c1c(C)c(-c2ccccc2)nc2ccccc12. The summed E-state index contributed by atoms with van der Waals surface area (Å²) in [4.78, 5) is 31.3. The molecule has 1 amide bonds. The first-order chi connectivity index (χ1) is 17.5. The second-order valence-electron chi connectivity index (χ2n) is 8.15. The number of halogens is 1. The summed E-state index contributed by atoms with van der Waals surface area (Å²) in [5.41, 5.74) is 4.94. The molecule has 0 aliphatic carbocycles.